The molecule has 1 aromatic heterocycles. The maximum Gasteiger partial charge on any atom is 0.255 e. The Bertz CT molecular complexity index is 840. The minimum Gasteiger partial charge on any atom is -0.411 e. The van der Waals surface area contributed by atoms with Crippen LogP contribution in [-0.4, -0.2) is 34.3 Å². The van der Waals surface area contributed by atoms with E-state index in [1.54, 1.807) is 12.1 Å². The highest BCUT2D eigenvalue weighted by Crippen LogP contribution is 2.34. The number of thiophene rings is 1. The van der Waals surface area contributed by atoms with Gasteiger partial charge in [-0.15, -0.1) is 11.3 Å². The van der Waals surface area contributed by atoms with Crippen molar-refractivity contribution < 1.29 is 14.4 Å². The molecule has 0 atom stereocenters. The van der Waals surface area contributed by atoms with Crippen LogP contribution in [0.1, 0.15) is 52.0 Å². The number of hydrogen-bond acceptors (Lipinski definition) is 4. The fourth-order valence-corrected chi connectivity index (χ4v) is 4.70. The van der Waals surface area contributed by atoms with Crippen molar-refractivity contribution in [1.29, 1.82) is 0 Å². The molecule has 2 aliphatic carbocycles. The highest BCUT2D eigenvalue weighted by Gasteiger charge is 2.35. The van der Waals surface area contributed by atoms with E-state index in [1.165, 1.54) is 23.5 Å². The highest BCUT2D eigenvalue weighted by atomic mass is 32.1. The van der Waals surface area contributed by atoms with Crippen molar-refractivity contribution in [3.8, 4) is 0 Å². The van der Waals surface area contributed by atoms with Crippen molar-refractivity contribution in [3.63, 3.8) is 0 Å². The number of carbonyl (C=O) groups excluding carboxylic acids is 1. The van der Waals surface area contributed by atoms with Crippen LogP contribution in [0.25, 0.3) is 0 Å². The smallest absolute Gasteiger partial charge is 0.255 e. The minimum atomic E-state index is -0.241. The fraction of sp³-hybridized carbons (Fsp3) is 0.400. The second-order valence-electron chi connectivity index (χ2n) is 6.96. The first kappa shape index (κ1) is 17.2. The Morgan fingerprint density at radius 3 is 2.73 bits per heavy atom. The first-order valence-electron chi connectivity index (χ1n) is 9.04. The average molecular weight is 372 g/mol. The van der Waals surface area contributed by atoms with Gasteiger partial charge in [0.15, 0.2) is 0 Å². The third-order valence-corrected chi connectivity index (χ3v) is 6.22. The summed E-state index contributed by atoms with van der Waals surface area (Å²) >= 11 is 1.50. The zero-order valence-corrected chi connectivity index (χ0v) is 15.3. The quantitative estimate of drug-likeness (QED) is 0.630. The van der Waals surface area contributed by atoms with Crippen molar-refractivity contribution in [1.82, 2.24) is 4.90 Å². The molecule has 0 bridgehead atoms. The predicted molar refractivity (Wildman–Crippen MR) is 99.7 cm³/mol. The highest BCUT2D eigenvalue weighted by molar-refractivity contribution is 7.12. The van der Waals surface area contributed by atoms with Gasteiger partial charge in [0.2, 0.25) is 0 Å². The van der Waals surface area contributed by atoms with Crippen molar-refractivity contribution in [2.24, 2.45) is 5.16 Å². The van der Waals surface area contributed by atoms with Crippen molar-refractivity contribution in [3.05, 3.63) is 57.0 Å². The zero-order chi connectivity index (χ0) is 18.1. The lowest BCUT2D eigenvalue weighted by molar-refractivity contribution is 0.0744. The van der Waals surface area contributed by atoms with Crippen LogP contribution in [0.5, 0.6) is 0 Å². The van der Waals surface area contributed by atoms with Crippen LogP contribution in [0.15, 0.2) is 34.8 Å². The van der Waals surface area contributed by atoms with Gasteiger partial charge in [-0.1, -0.05) is 17.3 Å². The van der Waals surface area contributed by atoms with Crippen LogP contribution in [0, 0.1) is 5.82 Å². The number of carbonyl (C=O) groups is 1. The Hall–Kier alpha value is -2.21. The van der Waals surface area contributed by atoms with E-state index in [2.05, 4.69) is 5.16 Å². The Labute approximate surface area is 155 Å². The molecule has 1 fully saturated rings. The van der Waals surface area contributed by atoms with Crippen LogP contribution in [-0.2, 0) is 12.8 Å². The SMILES string of the molecule is O=C(c1csc2c1CCCC2=NO)N(CCc1ccc(F)cc1)C1CC1. The standard InChI is InChI=1S/C20H21FN2O2S/c21-14-6-4-13(5-7-14)10-11-23(15-8-9-15)20(24)17-12-26-19-16(17)2-1-3-18(19)22-25/h4-7,12,15,25H,1-3,8-11H2. The van der Waals surface area contributed by atoms with Crippen LogP contribution in [0.2, 0.25) is 0 Å². The van der Waals surface area contributed by atoms with Crippen LogP contribution in [0.4, 0.5) is 4.39 Å². The summed E-state index contributed by atoms with van der Waals surface area (Å²) in [5, 5.41) is 14.5. The largest absolute Gasteiger partial charge is 0.411 e. The molecule has 26 heavy (non-hydrogen) atoms. The lowest BCUT2D eigenvalue weighted by atomic mass is 9.94. The Morgan fingerprint density at radius 1 is 1.27 bits per heavy atom. The van der Waals surface area contributed by atoms with Crippen LogP contribution >= 0.6 is 11.3 Å². The molecule has 2 aromatic rings. The van der Waals surface area contributed by atoms with Gasteiger partial charge in [-0.05, 0) is 61.8 Å². The maximum atomic E-state index is 13.2. The summed E-state index contributed by atoms with van der Waals surface area (Å²) in [6.07, 6.45) is 5.33. The molecule has 1 saturated carbocycles. The number of halogens is 1. The Morgan fingerprint density at radius 2 is 2.04 bits per heavy atom. The molecule has 136 valence electrons. The van der Waals surface area contributed by atoms with E-state index in [1.807, 2.05) is 10.3 Å². The first-order valence-corrected chi connectivity index (χ1v) is 9.92. The fourth-order valence-electron chi connectivity index (χ4n) is 3.59. The lowest BCUT2D eigenvalue weighted by Crippen LogP contribution is -2.35. The molecule has 1 aromatic carbocycles. The van der Waals surface area contributed by atoms with Gasteiger partial charge in [0.1, 0.15) is 5.82 Å². The monoisotopic (exact) mass is 372 g/mol. The van der Waals surface area contributed by atoms with E-state index in [0.717, 1.165) is 60.1 Å². The summed E-state index contributed by atoms with van der Waals surface area (Å²) in [5.74, 6) is -0.165. The molecule has 0 radical (unpaired) electrons. The molecule has 0 aliphatic heterocycles. The van der Waals surface area contributed by atoms with E-state index >= 15 is 0 Å². The van der Waals surface area contributed by atoms with Gasteiger partial charge in [0.05, 0.1) is 16.2 Å². The molecule has 0 spiro atoms. The molecular formula is C20H21FN2O2S. The van der Waals surface area contributed by atoms with Gasteiger partial charge >= 0.3 is 0 Å². The number of fused-ring (bicyclic) bond motifs is 1. The van der Waals surface area contributed by atoms with Gasteiger partial charge in [-0.25, -0.2) is 4.39 Å². The maximum absolute atomic E-state index is 13.2. The number of rotatable bonds is 5. The van der Waals surface area contributed by atoms with Gasteiger partial charge < -0.3 is 10.1 Å². The predicted octanol–water partition coefficient (Wildman–Crippen LogP) is 4.25. The molecule has 1 amide bonds. The summed E-state index contributed by atoms with van der Waals surface area (Å²) < 4.78 is 13.1. The second kappa shape index (κ2) is 7.19. The van der Waals surface area contributed by atoms with Crippen LogP contribution < -0.4 is 0 Å². The van der Waals surface area contributed by atoms with Gasteiger partial charge in [-0.3, -0.25) is 4.79 Å². The lowest BCUT2D eigenvalue weighted by Gasteiger charge is -2.23. The number of benzene rings is 1. The number of amides is 1. The molecule has 0 unspecified atom stereocenters. The molecular weight excluding hydrogens is 351 g/mol. The third-order valence-electron chi connectivity index (χ3n) is 5.15. The Balaban J connectivity index is 1.53. The normalized spacial score (nSPS) is 18.0. The van der Waals surface area contributed by atoms with Crippen molar-refractivity contribution in [2.45, 2.75) is 44.6 Å². The van der Waals surface area contributed by atoms with Gasteiger partial charge in [-0.2, -0.15) is 0 Å². The summed E-state index contributed by atoms with van der Waals surface area (Å²) in [6.45, 7) is 0.640. The summed E-state index contributed by atoms with van der Waals surface area (Å²) in [6, 6.07) is 6.80. The second-order valence-corrected chi connectivity index (χ2v) is 7.84. The van der Waals surface area contributed by atoms with E-state index in [0.29, 0.717) is 18.3 Å². The van der Waals surface area contributed by atoms with Crippen molar-refractivity contribution in [2.75, 3.05) is 6.54 Å². The molecule has 2 aliphatic rings. The third kappa shape index (κ3) is 3.38. The number of nitrogens with zero attached hydrogens (tertiary/aromatic N) is 2. The van der Waals surface area contributed by atoms with Gasteiger partial charge in [0, 0.05) is 18.0 Å². The summed E-state index contributed by atoms with van der Waals surface area (Å²) in [4.78, 5) is 16.1. The number of hydrogen-bond donors (Lipinski definition) is 1. The van der Waals surface area contributed by atoms with E-state index in [4.69, 9.17) is 0 Å². The Kier molecular flexibility index (Phi) is 4.76. The van der Waals surface area contributed by atoms with E-state index < -0.39 is 0 Å². The summed E-state index contributed by atoms with van der Waals surface area (Å²) in [5.41, 5.74) is 3.52. The van der Waals surface area contributed by atoms with E-state index in [-0.39, 0.29) is 11.7 Å². The van der Waals surface area contributed by atoms with Crippen LogP contribution in [0.3, 0.4) is 0 Å². The first-order chi connectivity index (χ1) is 12.7. The van der Waals surface area contributed by atoms with E-state index in [9.17, 15) is 14.4 Å². The topological polar surface area (TPSA) is 52.9 Å². The van der Waals surface area contributed by atoms with Crippen molar-refractivity contribution >= 4 is 23.0 Å². The zero-order valence-electron chi connectivity index (χ0n) is 14.4. The van der Waals surface area contributed by atoms with Gasteiger partial charge in [0.25, 0.3) is 5.91 Å². The summed E-state index contributed by atoms with van der Waals surface area (Å²) in [7, 11) is 0. The minimum absolute atomic E-state index is 0.0753. The molecule has 0 saturated heterocycles. The molecule has 4 nitrogen and oxygen atoms in total. The molecule has 1 N–H and O–H groups in total. The molecule has 4 rings (SSSR count). The molecule has 1 heterocycles. The molecule has 6 heteroatoms. The average Bonchev–Trinajstić information content (AvgIpc) is 3.40. The number of oxime groups is 1.